The molecule has 0 saturated carbocycles. The predicted molar refractivity (Wildman–Crippen MR) is 40.0 cm³/mol. The minimum absolute atomic E-state index is 0.560. The molecule has 1 aromatic heterocycles. The summed E-state index contributed by atoms with van der Waals surface area (Å²) in [6, 6.07) is 5.33. The molecular weight excluding hydrogens is 128 g/mol. The molecule has 0 atom stereocenters. The number of ether oxygens (including phenoxy) is 1. The lowest BCUT2D eigenvalue weighted by Gasteiger charge is -1.96. The molecule has 52 valence electrons. The van der Waals surface area contributed by atoms with Crippen LogP contribution in [0.15, 0.2) is 23.2 Å². The molecular formula is C7H8N2O. The van der Waals surface area contributed by atoms with Crippen LogP contribution in [-0.2, 0) is 0 Å². The van der Waals surface area contributed by atoms with Gasteiger partial charge in [0.05, 0.1) is 7.11 Å². The van der Waals surface area contributed by atoms with Crippen LogP contribution in [0.25, 0.3) is 0 Å². The molecule has 1 heterocycles. The van der Waals surface area contributed by atoms with Gasteiger partial charge in [0.25, 0.3) is 0 Å². The normalized spacial score (nSPS) is 8.90. The van der Waals surface area contributed by atoms with Crippen molar-refractivity contribution in [3.8, 4) is 5.88 Å². The van der Waals surface area contributed by atoms with Crippen molar-refractivity contribution in [2.45, 2.75) is 0 Å². The van der Waals surface area contributed by atoms with Crippen LogP contribution in [0, 0.1) is 0 Å². The fourth-order valence-electron chi connectivity index (χ4n) is 0.606. The highest BCUT2D eigenvalue weighted by molar-refractivity contribution is 5.40. The molecule has 3 nitrogen and oxygen atoms in total. The fourth-order valence-corrected chi connectivity index (χ4v) is 0.606. The molecule has 0 bridgehead atoms. The molecule has 1 rings (SSSR count). The molecule has 10 heavy (non-hydrogen) atoms. The van der Waals surface area contributed by atoms with Gasteiger partial charge in [-0.15, -0.1) is 0 Å². The van der Waals surface area contributed by atoms with Crippen molar-refractivity contribution in [3.05, 3.63) is 18.2 Å². The first-order valence-electron chi connectivity index (χ1n) is 2.84. The first kappa shape index (κ1) is 6.74. The zero-order valence-corrected chi connectivity index (χ0v) is 5.74. The maximum Gasteiger partial charge on any atom is 0.214 e. The zero-order chi connectivity index (χ0) is 7.40. The van der Waals surface area contributed by atoms with Crippen LogP contribution < -0.4 is 4.74 Å². The molecule has 0 aromatic carbocycles. The lowest BCUT2D eigenvalue weighted by atomic mass is 10.4. The molecule has 0 N–H and O–H groups in total. The molecule has 1 aromatic rings. The second-order valence-electron chi connectivity index (χ2n) is 1.70. The van der Waals surface area contributed by atoms with Gasteiger partial charge in [0, 0.05) is 6.07 Å². The first-order chi connectivity index (χ1) is 4.86. The monoisotopic (exact) mass is 136 g/mol. The second-order valence-corrected chi connectivity index (χ2v) is 1.70. The third-order valence-electron chi connectivity index (χ3n) is 1.08. The molecule has 0 radical (unpaired) electrons. The van der Waals surface area contributed by atoms with Gasteiger partial charge in [0.1, 0.15) is 0 Å². The van der Waals surface area contributed by atoms with Gasteiger partial charge in [0.2, 0.25) is 5.88 Å². The molecule has 0 fully saturated rings. The highest BCUT2D eigenvalue weighted by Crippen LogP contribution is 2.11. The fraction of sp³-hybridized carbons (Fsp3) is 0.143. The van der Waals surface area contributed by atoms with E-state index < -0.39 is 0 Å². The number of aromatic nitrogens is 1. The summed E-state index contributed by atoms with van der Waals surface area (Å²) in [4.78, 5) is 7.60. The van der Waals surface area contributed by atoms with E-state index in [4.69, 9.17) is 4.74 Å². The minimum Gasteiger partial charge on any atom is -0.481 e. The van der Waals surface area contributed by atoms with Crippen molar-refractivity contribution in [1.29, 1.82) is 0 Å². The van der Waals surface area contributed by atoms with E-state index in [1.807, 2.05) is 6.07 Å². The van der Waals surface area contributed by atoms with E-state index in [2.05, 4.69) is 16.7 Å². The van der Waals surface area contributed by atoms with Gasteiger partial charge in [-0.25, -0.2) is 4.99 Å². The highest BCUT2D eigenvalue weighted by Gasteiger charge is 1.91. The van der Waals surface area contributed by atoms with Crippen molar-refractivity contribution in [3.63, 3.8) is 0 Å². The quantitative estimate of drug-likeness (QED) is 0.576. The Bertz CT molecular complexity index is 235. The molecule has 0 aliphatic heterocycles. The standard InChI is InChI=1S/C7H8N2O/c1-8-6-4-3-5-7(9-6)10-2/h3-5H,1H2,2H3. The molecule has 3 heteroatoms. The lowest BCUT2D eigenvalue weighted by molar-refractivity contribution is 0.398. The van der Waals surface area contributed by atoms with Gasteiger partial charge in [-0.05, 0) is 12.8 Å². The van der Waals surface area contributed by atoms with Crippen LogP contribution >= 0.6 is 0 Å². The Morgan fingerprint density at radius 1 is 1.60 bits per heavy atom. The van der Waals surface area contributed by atoms with Crippen LogP contribution in [-0.4, -0.2) is 18.8 Å². The van der Waals surface area contributed by atoms with Gasteiger partial charge in [-0.1, -0.05) is 6.07 Å². The number of rotatable bonds is 2. The number of pyridine rings is 1. The van der Waals surface area contributed by atoms with Gasteiger partial charge in [0.15, 0.2) is 5.82 Å². The Morgan fingerprint density at radius 3 is 3.00 bits per heavy atom. The van der Waals surface area contributed by atoms with Crippen LogP contribution in [0.3, 0.4) is 0 Å². The third-order valence-corrected chi connectivity index (χ3v) is 1.08. The summed E-state index contributed by atoms with van der Waals surface area (Å²) >= 11 is 0. The second kappa shape index (κ2) is 2.96. The van der Waals surface area contributed by atoms with E-state index in [0.29, 0.717) is 11.7 Å². The predicted octanol–water partition coefficient (Wildman–Crippen LogP) is 1.42. The lowest BCUT2D eigenvalue weighted by Crippen LogP contribution is -1.84. The van der Waals surface area contributed by atoms with Crippen molar-refractivity contribution in [1.82, 2.24) is 4.98 Å². The van der Waals surface area contributed by atoms with Crippen LogP contribution in [0.1, 0.15) is 0 Å². The third kappa shape index (κ3) is 1.31. The summed E-state index contributed by atoms with van der Waals surface area (Å²) in [6.07, 6.45) is 0. The summed E-state index contributed by atoms with van der Waals surface area (Å²) in [6.45, 7) is 3.34. The van der Waals surface area contributed by atoms with Crippen LogP contribution in [0.2, 0.25) is 0 Å². The van der Waals surface area contributed by atoms with Gasteiger partial charge in [-0.2, -0.15) is 4.98 Å². The van der Waals surface area contributed by atoms with Gasteiger partial charge in [-0.3, -0.25) is 0 Å². The Kier molecular flexibility index (Phi) is 1.99. The molecule has 0 spiro atoms. The summed E-state index contributed by atoms with van der Waals surface area (Å²) < 4.78 is 4.86. The molecule has 0 amide bonds. The van der Waals surface area contributed by atoms with E-state index >= 15 is 0 Å². The average Bonchev–Trinajstić information content (AvgIpc) is 2.05. The number of hydrogen-bond donors (Lipinski definition) is 0. The van der Waals surface area contributed by atoms with Crippen molar-refractivity contribution >= 4 is 12.5 Å². The van der Waals surface area contributed by atoms with Crippen LogP contribution in [0.5, 0.6) is 5.88 Å². The van der Waals surface area contributed by atoms with E-state index in [1.54, 1.807) is 19.2 Å². The smallest absolute Gasteiger partial charge is 0.214 e. The van der Waals surface area contributed by atoms with Crippen LogP contribution in [0.4, 0.5) is 5.82 Å². The van der Waals surface area contributed by atoms with Crippen molar-refractivity contribution < 1.29 is 4.74 Å². The Balaban J connectivity index is 2.98. The number of aliphatic imine (C=N–C) groups is 1. The number of methoxy groups -OCH3 is 1. The van der Waals surface area contributed by atoms with E-state index in [1.165, 1.54) is 0 Å². The van der Waals surface area contributed by atoms with Crippen molar-refractivity contribution in [2.75, 3.05) is 7.11 Å². The van der Waals surface area contributed by atoms with E-state index in [9.17, 15) is 0 Å². The average molecular weight is 136 g/mol. The molecule has 0 unspecified atom stereocenters. The number of hydrogen-bond acceptors (Lipinski definition) is 3. The molecule has 0 aliphatic carbocycles. The summed E-state index contributed by atoms with van der Waals surface area (Å²) in [5.41, 5.74) is 0. The zero-order valence-electron chi connectivity index (χ0n) is 5.74. The van der Waals surface area contributed by atoms with Crippen molar-refractivity contribution in [2.24, 2.45) is 4.99 Å². The maximum absolute atomic E-state index is 4.86. The largest absolute Gasteiger partial charge is 0.481 e. The number of nitrogens with zero attached hydrogens (tertiary/aromatic N) is 2. The Hall–Kier alpha value is -1.38. The van der Waals surface area contributed by atoms with E-state index in [0.717, 1.165) is 0 Å². The van der Waals surface area contributed by atoms with E-state index in [-0.39, 0.29) is 0 Å². The topological polar surface area (TPSA) is 34.5 Å². The SMILES string of the molecule is C=Nc1cccc(OC)n1. The molecule has 0 aliphatic rings. The van der Waals surface area contributed by atoms with Gasteiger partial charge < -0.3 is 4.74 Å². The Morgan fingerprint density at radius 2 is 2.40 bits per heavy atom. The first-order valence-corrected chi connectivity index (χ1v) is 2.84. The Labute approximate surface area is 59.4 Å². The summed E-state index contributed by atoms with van der Waals surface area (Å²) in [7, 11) is 1.56. The molecule has 0 saturated heterocycles. The summed E-state index contributed by atoms with van der Waals surface area (Å²) in [5.74, 6) is 1.14. The highest BCUT2D eigenvalue weighted by atomic mass is 16.5. The maximum atomic E-state index is 4.86. The summed E-state index contributed by atoms with van der Waals surface area (Å²) in [5, 5.41) is 0. The van der Waals surface area contributed by atoms with Gasteiger partial charge >= 0.3 is 0 Å². The minimum atomic E-state index is 0.560.